The quantitative estimate of drug-likeness (QED) is 0.816. The zero-order chi connectivity index (χ0) is 11.8. The predicted molar refractivity (Wildman–Crippen MR) is 72.0 cm³/mol. The van der Waals surface area contributed by atoms with Gasteiger partial charge >= 0.3 is 0 Å². The van der Waals surface area contributed by atoms with E-state index in [0.29, 0.717) is 6.61 Å². The van der Waals surface area contributed by atoms with Crippen molar-refractivity contribution in [1.82, 2.24) is 4.98 Å². The maximum Gasteiger partial charge on any atom is 0.146 e. The second kappa shape index (κ2) is 4.30. The van der Waals surface area contributed by atoms with Gasteiger partial charge in [0.1, 0.15) is 11.3 Å². The topological polar surface area (TPSA) is 22.1 Å². The van der Waals surface area contributed by atoms with Crippen LogP contribution in [0.5, 0.6) is 5.75 Å². The molecule has 0 aliphatic heterocycles. The van der Waals surface area contributed by atoms with Crippen molar-refractivity contribution in [3.63, 3.8) is 0 Å². The van der Waals surface area contributed by atoms with Crippen LogP contribution in [0.25, 0.3) is 10.2 Å². The third kappa shape index (κ3) is 2.29. The van der Waals surface area contributed by atoms with Crippen molar-refractivity contribution in [1.29, 1.82) is 0 Å². The first kappa shape index (κ1) is 11.0. The third-order valence-corrected chi connectivity index (χ3v) is 4.07. The summed E-state index contributed by atoms with van der Waals surface area (Å²) >= 11 is 1.76. The molecule has 1 aromatic carbocycles. The van der Waals surface area contributed by atoms with Crippen LogP contribution < -0.4 is 4.74 Å². The number of rotatable bonds is 4. The Morgan fingerprint density at radius 2 is 2.24 bits per heavy atom. The highest BCUT2D eigenvalue weighted by Crippen LogP contribution is 2.36. The fourth-order valence-electron chi connectivity index (χ4n) is 2.20. The lowest BCUT2D eigenvalue weighted by molar-refractivity contribution is 0.343. The minimum absolute atomic E-state index is 0.707. The van der Waals surface area contributed by atoms with Crippen LogP contribution in [0.2, 0.25) is 0 Å². The maximum absolute atomic E-state index is 5.72. The first-order chi connectivity index (χ1) is 8.26. The molecule has 2 aromatic rings. The number of hydrogen-bond acceptors (Lipinski definition) is 3. The van der Waals surface area contributed by atoms with Gasteiger partial charge in [0.15, 0.2) is 0 Å². The zero-order valence-corrected chi connectivity index (χ0v) is 11.1. The van der Waals surface area contributed by atoms with Gasteiger partial charge in [0, 0.05) is 0 Å². The van der Waals surface area contributed by atoms with Crippen molar-refractivity contribution in [2.45, 2.75) is 33.1 Å². The van der Waals surface area contributed by atoms with Gasteiger partial charge in [-0.25, -0.2) is 4.98 Å². The zero-order valence-electron chi connectivity index (χ0n) is 10.3. The smallest absolute Gasteiger partial charge is 0.146 e. The molecule has 0 unspecified atom stereocenters. The number of aromatic nitrogens is 1. The predicted octanol–water partition coefficient (Wildman–Crippen LogP) is 3.96. The van der Waals surface area contributed by atoms with Gasteiger partial charge in [0.2, 0.25) is 0 Å². The highest BCUT2D eigenvalue weighted by molar-refractivity contribution is 7.18. The van der Waals surface area contributed by atoms with Gasteiger partial charge in [-0.2, -0.15) is 0 Å². The molecule has 3 rings (SSSR count). The molecule has 90 valence electrons. The van der Waals surface area contributed by atoms with E-state index in [0.717, 1.165) is 22.2 Å². The van der Waals surface area contributed by atoms with Gasteiger partial charge < -0.3 is 4.74 Å². The van der Waals surface area contributed by atoms with Gasteiger partial charge in [-0.3, -0.25) is 0 Å². The summed E-state index contributed by atoms with van der Waals surface area (Å²) in [5.74, 6) is 1.88. The summed E-state index contributed by atoms with van der Waals surface area (Å²) in [6, 6.07) is 4.48. The van der Waals surface area contributed by atoms with Crippen LogP contribution in [-0.4, -0.2) is 11.6 Å². The van der Waals surface area contributed by atoms with Gasteiger partial charge in [-0.15, -0.1) is 11.3 Å². The molecular formula is C14H17NOS. The Morgan fingerprint density at radius 1 is 1.41 bits per heavy atom. The molecule has 1 heterocycles. The van der Waals surface area contributed by atoms with Crippen molar-refractivity contribution >= 4 is 21.6 Å². The first-order valence-electron chi connectivity index (χ1n) is 6.29. The van der Waals surface area contributed by atoms with E-state index in [2.05, 4.69) is 24.0 Å². The normalized spacial score (nSPS) is 15.4. The maximum atomic E-state index is 5.72. The Hall–Kier alpha value is -1.09. The standard InChI is InChI=1S/C14H17NOS/c1-3-16-12-7-11(6-10-4-5-10)8-13-14(12)15-9(2)17-13/h7-8,10H,3-6H2,1-2H3. The summed E-state index contributed by atoms with van der Waals surface area (Å²) < 4.78 is 6.99. The van der Waals surface area contributed by atoms with Crippen LogP contribution in [0.4, 0.5) is 0 Å². The average molecular weight is 247 g/mol. The molecule has 2 nitrogen and oxygen atoms in total. The van der Waals surface area contributed by atoms with E-state index in [4.69, 9.17) is 4.74 Å². The van der Waals surface area contributed by atoms with Crippen molar-refractivity contribution in [2.24, 2.45) is 5.92 Å². The summed E-state index contributed by atoms with van der Waals surface area (Å²) in [6.45, 7) is 4.79. The van der Waals surface area contributed by atoms with Crippen LogP contribution in [0, 0.1) is 12.8 Å². The molecule has 3 heteroatoms. The molecule has 17 heavy (non-hydrogen) atoms. The fraction of sp³-hybridized carbons (Fsp3) is 0.500. The van der Waals surface area contributed by atoms with Crippen molar-refractivity contribution in [3.05, 3.63) is 22.7 Å². The van der Waals surface area contributed by atoms with Gasteiger partial charge in [0.05, 0.1) is 16.3 Å². The Labute approximate surface area is 106 Å². The van der Waals surface area contributed by atoms with E-state index in [1.807, 2.05) is 6.92 Å². The summed E-state index contributed by atoms with van der Waals surface area (Å²) in [4.78, 5) is 4.56. The highest BCUT2D eigenvalue weighted by Gasteiger charge is 2.22. The minimum Gasteiger partial charge on any atom is -0.492 e. The molecule has 0 saturated heterocycles. The lowest BCUT2D eigenvalue weighted by Gasteiger charge is -2.07. The molecule has 0 amide bonds. The lowest BCUT2D eigenvalue weighted by atomic mass is 10.1. The first-order valence-corrected chi connectivity index (χ1v) is 7.10. The summed E-state index contributed by atoms with van der Waals surface area (Å²) in [6.07, 6.45) is 3.99. The molecule has 0 atom stereocenters. The monoisotopic (exact) mass is 247 g/mol. The minimum atomic E-state index is 0.707. The molecule has 0 spiro atoms. The lowest BCUT2D eigenvalue weighted by Crippen LogP contribution is -1.95. The van der Waals surface area contributed by atoms with Crippen LogP contribution in [0.1, 0.15) is 30.3 Å². The van der Waals surface area contributed by atoms with E-state index in [1.165, 1.54) is 29.5 Å². The van der Waals surface area contributed by atoms with Gasteiger partial charge in [0.25, 0.3) is 0 Å². The fourth-order valence-corrected chi connectivity index (χ4v) is 3.11. The second-order valence-electron chi connectivity index (χ2n) is 4.75. The molecule has 1 saturated carbocycles. The van der Waals surface area contributed by atoms with Crippen molar-refractivity contribution in [2.75, 3.05) is 6.61 Å². The number of ether oxygens (including phenoxy) is 1. The van der Waals surface area contributed by atoms with Crippen molar-refractivity contribution < 1.29 is 4.74 Å². The van der Waals surface area contributed by atoms with E-state index in [-0.39, 0.29) is 0 Å². The van der Waals surface area contributed by atoms with Crippen LogP contribution in [-0.2, 0) is 6.42 Å². The summed E-state index contributed by atoms with van der Waals surface area (Å²) in [5, 5.41) is 1.12. The number of hydrogen-bond donors (Lipinski definition) is 0. The Kier molecular flexibility index (Phi) is 2.79. The van der Waals surface area contributed by atoms with E-state index in [1.54, 1.807) is 11.3 Å². The molecule has 0 N–H and O–H groups in total. The molecule has 1 fully saturated rings. The molecule has 0 bridgehead atoms. The molecule has 1 aliphatic carbocycles. The van der Waals surface area contributed by atoms with E-state index >= 15 is 0 Å². The van der Waals surface area contributed by atoms with Gasteiger partial charge in [-0.1, -0.05) is 0 Å². The van der Waals surface area contributed by atoms with Crippen LogP contribution >= 0.6 is 11.3 Å². The SMILES string of the molecule is CCOc1cc(CC2CC2)cc2sc(C)nc12. The molecule has 0 radical (unpaired) electrons. The molecular weight excluding hydrogens is 230 g/mol. The molecule has 1 aromatic heterocycles. The number of fused-ring (bicyclic) bond motifs is 1. The summed E-state index contributed by atoms with van der Waals surface area (Å²) in [5.41, 5.74) is 2.45. The molecule has 1 aliphatic rings. The third-order valence-electron chi connectivity index (χ3n) is 3.15. The van der Waals surface area contributed by atoms with Crippen molar-refractivity contribution in [3.8, 4) is 5.75 Å². The Morgan fingerprint density at radius 3 is 2.94 bits per heavy atom. The number of nitrogens with zero attached hydrogens (tertiary/aromatic N) is 1. The largest absolute Gasteiger partial charge is 0.492 e. The summed E-state index contributed by atoms with van der Waals surface area (Å²) in [7, 11) is 0. The average Bonchev–Trinajstić information content (AvgIpc) is 2.99. The van der Waals surface area contributed by atoms with E-state index in [9.17, 15) is 0 Å². The number of benzene rings is 1. The number of thiazole rings is 1. The van der Waals surface area contributed by atoms with Crippen LogP contribution in [0.15, 0.2) is 12.1 Å². The highest BCUT2D eigenvalue weighted by atomic mass is 32.1. The Bertz CT molecular complexity index is 542. The Balaban J connectivity index is 2.04. The second-order valence-corrected chi connectivity index (χ2v) is 5.99. The van der Waals surface area contributed by atoms with Gasteiger partial charge in [-0.05, 0) is 56.7 Å². The van der Waals surface area contributed by atoms with Crippen LogP contribution in [0.3, 0.4) is 0 Å². The number of aryl methyl sites for hydroxylation is 1. The van der Waals surface area contributed by atoms with E-state index < -0.39 is 0 Å².